The lowest BCUT2D eigenvalue weighted by atomic mass is 9.62. The monoisotopic (exact) mass is 534 g/mol. The Morgan fingerprint density at radius 1 is 1.17 bits per heavy atom. The van der Waals surface area contributed by atoms with E-state index in [0.29, 0.717) is 16.8 Å². The van der Waals surface area contributed by atoms with Gasteiger partial charge < -0.3 is 10.4 Å². The van der Waals surface area contributed by atoms with Crippen molar-refractivity contribution >= 4 is 38.8 Å². The molecule has 1 atom stereocenters. The van der Waals surface area contributed by atoms with E-state index >= 15 is 0 Å². The van der Waals surface area contributed by atoms with E-state index in [-0.39, 0.29) is 5.78 Å². The molecule has 0 bridgehead atoms. The summed E-state index contributed by atoms with van der Waals surface area (Å²) in [6.45, 7) is 0. The number of halogens is 1. The van der Waals surface area contributed by atoms with E-state index in [1.54, 1.807) is 6.20 Å². The maximum absolute atomic E-state index is 12.7. The average molecular weight is 535 g/mol. The van der Waals surface area contributed by atoms with Crippen LogP contribution in [0, 0.1) is 5.41 Å². The summed E-state index contributed by atoms with van der Waals surface area (Å²) in [5.41, 5.74) is 3.88. The quantitative estimate of drug-likeness (QED) is 0.441. The van der Waals surface area contributed by atoms with Gasteiger partial charge in [0, 0.05) is 29.9 Å². The zero-order valence-electron chi connectivity index (χ0n) is 19.3. The number of hydrogen-bond donors (Lipinski definition) is 2. The second-order valence-corrected chi connectivity index (χ2v) is 10.8. The van der Waals surface area contributed by atoms with Gasteiger partial charge in [0.05, 0.1) is 9.90 Å². The number of carbonyl (C=O) groups is 2. The molecule has 1 spiro atoms. The summed E-state index contributed by atoms with van der Waals surface area (Å²) in [5.74, 6) is 0.697. The van der Waals surface area contributed by atoms with Gasteiger partial charge in [0.15, 0.2) is 11.4 Å². The zero-order chi connectivity index (χ0) is 24.2. The Bertz CT molecular complexity index is 1350. The molecule has 2 saturated carbocycles. The fraction of sp³-hybridized carbons (Fsp3) is 0.407. The van der Waals surface area contributed by atoms with Crippen molar-refractivity contribution < 1.29 is 14.7 Å². The molecule has 180 valence electrons. The van der Waals surface area contributed by atoms with Gasteiger partial charge in [0.1, 0.15) is 17.4 Å². The number of aromatic nitrogens is 3. The summed E-state index contributed by atoms with van der Waals surface area (Å²) in [5, 5.41) is 13.2. The van der Waals surface area contributed by atoms with Crippen molar-refractivity contribution in [2.75, 3.05) is 0 Å². The predicted molar refractivity (Wildman–Crippen MR) is 136 cm³/mol. The first-order chi connectivity index (χ1) is 17.0. The second kappa shape index (κ2) is 8.59. The van der Waals surface area contributed by atoms with E-state index in [2.05, 4.69) is 30.8 Å². The number of aliphatic carboxylic acids is 1. The number of carboxylic acids is 1. The highest BCUT2D eigenvalue weighted by Gasteiger charge is 2.53. The van der Waals surface area contributed by atoms with Gasteiger partial charge in [-0.25, -0.2) is 14.8 Å². The van der Waals surface area contributed by atoms with Crippen LogP contribution in [0.4, 0.5) is 0 Å². The van der Waals surface area contributed by atoms with Gasteiger partial charge in [-0.05, 0) is 71.4 Å². The molecule has 0 amide bonds. The van der Waals surface area contributed by atoms with E-state index in [4.69, 9.17) is 4.98 Å². The molecule has 2 aromatic heterocycles. The third-order valence-electron chi connectivity index (χ3n) is 7.67. The number of hydrogen-bond acceptors (Lipinski definition) is 5. The Balaban J connectivity index is 1.25. The van der Waals surface area contributed by atoms with Gasteiger partial charge in [-0.15, -0.1) is 0 Å². The number of carboxylic acid groups (broad SMARTS) is 1. The molecule has 8 heteroatoms. The number of Topliss-reactive ketones (excluding diaryl/α,β-unsaturated/α-hetero) is 1. The molecule has 1 aromatic carbocycles. The standard InChI is InChI=1S/C27H27BrN4O3/c28-21-22(27(23(21)33)12-2-1-3-13-27)30-20(26(34)35)15-16-6-10-18(11-7-16)32-24(17-8-9-17)31-19-5-4-14-29-25(19)32/h4-7,10-11,14,17,20,30H,1-3,8-9,12-13,15H2,(H,34,35)/t20-/m0/s1. The molecule has 35 heavy (non-hydrogen) atoms. The molecule has 0 unspecified atom stereocenters. The molecule has 6 rings (SSSR count). The number of rotatable bonds is 7. The summed E-state index contributed by atoms with van der Waals surface area (Å²) >= 11 is 3.40. The molecule has 2 heterocycles. The van der Waals surface area contributed by atoms with Crippen molar-refractivity contribution in [1.82, 2.24) is 19.9 Å². The molecule has 3 aromatic rings. The van der Waals surface area contributed by atoms with Crippen LogP contribution in [-0.4, -0.2) is 37.4 Å². The number of fused-ring (bicyclic) bond motifs is 1. The molecule has 3 aliphatic carbocycles. The van der Waals surface area contributed by atoms with Crippen LogP contribution < -0.4 is 5.32 Å². The molecule has 2 fully saturated rings. The van der Waals surface area contributed by atoms with Crippen molar-refractivity contribution in [3.63, 3.8) is 0 Å². The number of nitrogens with zero attached hydrogens (tertiary/aromatic N) is 3. The summed E-state index contributed by atoms with van der Waals surface area (Å²) in [6, 6.07) is 11.1. The topological polar surface area (TPSA) is 97.1 Å². The Morgan fingerprint density at radius 3 is 2.60 bits per heavy atom. The molecular formula is C27H27BrN4O3. The lowest BCUT2D eigenvalue weighted by molar-refractivity contribution is -0.140. The van der Waals surface area contributed by atoms with Gasteiger partial charge in [-0.2, -0.15) is 0 Å². The fourth-order valence-corrected chi connectivity index (χ4v) is 6.48. The highest BCUT2D eigenvalue weighted by atomic mass is 79.9. The first kappa shape index (κ1) is 22.5. The molecular weight excluding hydrogens is 508 g/mol. The lowest BCUT2D eigenvalue weighted by Gasteiger charge is -2.46. The number of benzene rings is 1. The smallest absolute Gasteiger partial charge is 0.326 e. The minimum Gasteiger partial charge on any atom is -0.480 e. The van der Waals surface area contributed by atoms with Crippen LogP contribution in [0.5, 0.6) is 0 Å². The molecule has 3 aliphatic rings. The Labute approximate surface area is 211 Å². The summed E-state index contributed by atoms with van der Waals surface area (Å²) in [6.07, 6.45) is 9.09. The van der Waals surface area contributed by atoms with Crippen LogP contribution in [0.1, 0.15) is 62.3 Å². The van der Waals surface area contributed by atoms with Crippen LogP contribution in [0.3, 0.4) is 0 Å². The first-order valence-electron chi connectivity index (χ1n) is 12.3. The van der Waals surface area contributed by atoms with Crippen molar-refractivity contribution in [3.05, 3.63) is 64.2 Å². The van der Waals surface area contributed by atoms with Crippen LogP contribution in [0.25, 0.3) is 16.9 Å². The number of ketones is 1. The van der Waals surface area contributed by atoms with Crippen molar-refractivity contribution in [1.29, 1.82) is 0 Å². The maximum Gasteiger partial charge on any atom is 0.326 e. The largest absolute Gasteiger partial charge is 0.480 e. The zero-order valence-corrected chi connectivity index (χ0v) is 20.9. The SMILES string of the molecule is O=C(O)[C@H](Cc1ccc(-n2c(C3CC3)nc3cccnc32)cc1)NC1=C(Br)C(=O)C12CCCCC2. The number of carbonyl (C=O) groups excluding carboxylic acids is 1. The van der Waals surface area contributed by atoms with E-state index in [9.17, 15) is 14.7 Å². The van der Waals surface area contributed by atoms with Gasteiger partial charge >= 0.3 is 5.97 Å². The lowest BCUT2D eigenvalue weighted by Crippen LogP contribution is -2.53. The van der Waals surface area contributed by atoms with E-state index in [0.717, 1.165) is 78.9 Å². The van der Waals surface area contributed by atoms with Crippen molar-refractivity contribution in [2.24, 2.45) is 5.41 Å². The van der Waals surface area contributed by atoms with E-state index in [1.165, 1.54) is 0 Å². The second-order valence-electron chi connectivity index (χ2n) is 9.99. The van der Waals surface area contributed by atoms with Crippen LogP contribution in [0.15, 0.2) is 52.8 Å². The molecule has 0 radical (unpaired) electrons. The normalized spacial score (nSPS) is 20.2. The van der Waals surface area contributed by atoms with Gasteiger partial charge in [-0.1, -0.05) is 31.4 Å². The number of pyridine rings is 1. The van der Waals surface area contributed by atoms with Crippen LogP contribution >= 0.6 is 15.9 Å². The molecule has 2 N–H and O–H groups in total. The Kier molecular flexibility index (Phi) is 5.51. The molecule has 0 aliphatic heterocycles. The predicted octanol–water partition coefficient (Wildman–Crippen LogP) is 5.02. The summed E-state index contributed by atoms with van der Waals surface area (Å²) in [7, 11) is 0. The van der Waals surface area contributed by atoms with Gasteiger partial charge in [0.2, 0.25) is 0 Å². The first-order valence-corrected chi connectivity index (χ1v) is 13.1. The number of imidazole rings is 1. The van der Waals surface area contributed by atoms with E-state index < -0.39 is 17.4 Å². The third kappa shape index (κ3) is 3.78. The minimum atomic E-state index is -0.923. The van der Waals surface area contributed by atoms with E-state index in [1.807, 2.05) is 36.4 Å². The Hall–Kier alpha value is -3.00. The van der Waals surface area contributed by atoms with Gasteiger partial charge in [0.25, 0.3) is 0 Å². The van der Waals surface area contributed by atoms with Crippen LogP contribution in [-0.2, 0) is 16.0 Å². The fourth-order valence-electron chi connectivity index (χ4n) is 5.61. The number of nitrogens with one attached hydrogen (secondary N) is 1. The van der Waals surface area contributed by atoms with Gasteiger partial charge in [-0.3, -0.25) is 9.36 Å². The van der Waals surface area contributed by atoms with Crippen LogP contribution in [0.2, 0.25) is 0 Å². The average Bonchev–Trinajstić information content (AvgIpc) is 3.66. The highest BCUT2D eigenvalue weighted by Crippen LogP contribution is 2.53. The Morgan fingerprint density at radius 2 is 1.91 bits per heavy atom. The number of allylic oxidation sites excluding steroid dienone is 2. The summed E-state index contributed by atoms with van der Waals surface area (Å²) < 4.78 is 2.63. The highest BCUT2D eigenvalue weighted by molar-refractivity contribution is 9.12. The van der Waals surface area contributed by atoms with Crippen molar-refractivity contribution in [2.45, 2.75) is 63.3 Å². The third-order valence-corrected chi connectivity index (χ3v) is 8.43. The summed E-state index contributed by atoms with van der Waals surface area (Å²) in [4.78, 5) is 34.2. The molecule has 7 nitrogen and oxygen atoms in total. The maximum atomic E-state index is 12.7. The van der Waals surface area contributed by atoms with Crippen molar-refractivity contribution in [3.8, 4) is 5.69 Å². The molecule has 0 saturated heterocycles. The minimum absolute atomic E-state index is 0.112.